The first kappa shape index (κ1) is 20.1. The van der Waals surface area contributed by atoms with Crippen molar-refractivity contribution in [2.24, 2.45) is 18.0 Å². The zero-order valence-electron chi connectivity index (χ0n) is 16.8. The highest BCUT2D eigenvalue weighted by Gasteiger charge is 2.09. The molecule has 0 aliphatic rings. The molecule has 0 spiro atoms. The fourth-order valence-corrected chi connectivity index (χ4v) is 2.86. The van der Waals surface area contributed by atoms with Crippen LogP contribution in [0.3, 0.4) is 0 Å². The molecule has 0 aliphatic heterocycles. The third-order valence-electron chi connectivity index (χ3n) is 4.41. The largest absolute Gasteiger partial charge is 0.469 e. The van der Waals surface area contributed by atoms with Crippen molar-refractivity contribution in [2.75, 3.05) is 19.6 Å². The number of guanidine groups is 1. The van der Waals surface area contributed by atoms with Crippen molar-refractivity contribution in [3.05, 3.63) is 41.1 Å². The zero-order chi connectivity index (χ0) is 18.9. The molecule has 2 rings (SSSR count). The first-order valence-corrected chi connectivity index (χ1v) is 9.51. The Hall–Kier alpha value is -2.24. The minimum atomic E-state index is 0.541. The van der Waals surface area contributed by atoms with Crippen molar-refractivity contribution in [1.82, 2.24) is 20.4 Å². The van der Waals surface area contributed by atoms with E-state index in [0.717, 1.165) is 56.3 Å². The molecule has 2 N–H and O–H groups in total. The third-order valence-corrected chi connectivity index (χ3v) is 4.41. The summed E-state index contributed by atoms with van der Waals surface area (Å²) in [5, 5.41) is 11.3. The minimum Gasteiger partial charge on any atom is -0.469 e. The Morgan fingerprint density at radius 2 is 2.00 bits per heavy atom. The smallest absolute Gasteiger partial charge is 0.191 e. The van der Waals surface area contributed by atoms with Crippen molar-refractivity contribution in [1.29, 1.82) is 0 Å². The first-order valence-electron chi connectivity index (χ1n) is 9.51. The Balaban J connectivity index is 1.79. The molecule has 144 valence electrons. The third kappa shape index (κ3) is 6.24. The second-order valence-electron chi connectivity index (χ2n) is 7.14. The second kappa shape index (κ2) is 10.0. The van der Waals surface area contributed by atoms with Gasteiger partial charge in [-0.15, -0.1) is 0 Å². The Morgan fingerprint density at radius 1 is 1.23 bits per heavy atom. The predicted octanol–water partition coefficient (Wildman–Crippen LogP) is 3.00. The van der Waals surface area contributed by atoms with E-state index in [1.165, 1.54) is 11.3 Å². The van der Waals surface area contributed by atoms with Gasteiger partial charge in [0.2, 0.25) is 0 Å². The summed E-state index contributed by atoms with van der Waals surface area (Å²) in [5.74, 6) is 2.41. The quantitative estimate of drug-likeness (QED) is 0.410. The average molecular weight is 360 g/mol. The Labute approximate surface area is 157 Å². The summed E-state index contributed by atoms with van der Waals surface area (Å²) in [6.45, 7) is 11.1. The van der Waals surface area contributed by atoms with Crippen LogP contribution in [0, 0.1) is 19.8 Å². The lowest BCUT2D eigenvalue weighted by molar-refractivity contribution is 0.506. The number of rotatable bonds is 9. The summed E-state index contributed by atoms with van der Waals surface area (Å²) in [5.41, 5.74) is 3.75. The number of aromatic nitrogens is 2. The van der Waals surface area contributed by atoms with E-state index in [1.807, 2.05) is 23.9 Å². The van der Waals surface area contributed by atoms with Gasteiger partial charge in [0, 0.05) is 38.8 Å². The van der Waals surface area contributed by atoms with Gasteiger partial charge in [0.1, 0.15) is 5.76 Å². The number of nitrogens with one attached hydrogen (secondary N) is 2. The van der Waals surface area contributed by atoms with Crippen LogP contribution in [0.1, 0.15) is 43.0 Å². The first-order chi connectivity index (χ1) is 12.5. The van der Waals surface area contributed by atoms with Crippen molar-refractivity contribution in [2.45, 2.75) is 47.0 Å². The van der Waals surface area contributed by atoms with Crippen LogP contribution in [0.5, 0.6) is 0 Å². The molecule has 0 bridgehead atoms. The molecule has 0 saturated carbocycles. The van der Waals surface area contributed by atoms with Crippen molar-refractivity contribution in [3.63, 3.8) is 0 Å². The number of aryl methyl sites for hydroxylation is 2. The second-order valence-corrected chi connectivity index (χ2v) is 7.14. The highest BCUT2D eigenvalue weighted by molar-refractivity contribution is 5.79. The number of nitrogens with zero attached hydrogens (tertiary/aromatic N) is 3. The molecule has 0 radical (unpaired) electrons. The molecule has 0 aliphatic carbocycles. The van der Waals surface area contributed by atoms with E-state index < -0.39 is 0 Å². The Bertz CT molecular complexity index is 685. The Morgan fingerprint density at radius 3 is 2.62 bits per heavy atom. The molecule has 0 aromatic carbocycles. The lowest BCUT2D eigenvalue weighted by Crippen LogP contribution is -2.39. The van der Waals surface area contributed by atoms with Gasteiger partial charge in [-0.05, 0) is 50.3 Å². The summed E-state index contributed by atoms with van der Waals surface area (Å²) >= 11 is 0. The minimum absolute atomic E-state index is 0.541. The summed E-state index contributed by atoms with van der Waals surface area (Å²) < 4.78 is 7.34. The molecular formula is C20H33N5O. The van der Waals surface area contributed by atoms with Crippen molar-refractivity contribution < 1.29 is 4.42 Å². The van der Waals surface area contributed by atoms with E-state index in [1.54, 1.807) is 6.26 Å². The van der Waals surface area contributed by atoms with E-state index in [9.17, 15) is 0 Å². The fraction of sp³-hybridized carbons (Fsp3) is 0.600. The van der Waals surface area contributed by atoms with E-state index in [0.29, 0.717) is 5.92 Å². The van der Waals surface area contributed by atoms with Crippen molar-refractivity contribution in [3.8, 4) is 0 Å². The summed E-state index contributed by atoms with van der Waals surface area (Å²) in [7, 11) is 2.00. The van der Waals surface area contributed by atoms with Gasteiger partial charge in [0.15, 0.2) is 5.96 Å². The van der Waals surface area contributed by atoms with Crippen LogP contribution in [-0.4, -0.2) is 35.4 Å². The molecule has 2 heterocycles. The Kier molecular flexibility index (Phi) is 7.75. The number of hydrogen-bond donors (Lipinski definition) is 2. The van der Waals surface area contributed by atoms with Crippen LogP contribution in [0.2, 0.25) is 0 Å². The summed E-state index contributed by atoms with van der Waals surface area (Å²) in [6, 6.07) is 3.92. The molecule has 6 heteroatoms. The molecule has 2 aromatic heterocycles. The maximum absolute atomic E-state index is 5.38. The van der Waals surface area contributed by atoms with Crippen LogP contribution in [0.15, 0.2) is 27.8 Å². The van der Waals surface area contributed by atoms with Gasteiger partial charge in [-0.25, -0.2) is 0 Å². The molecule has 0 amide bonds. The van der Waals surface area contributed by atoms with Crippen molar-refractivity contribution >= 4 is 5.96 Å². The van der Waals surface area contributed by atoms with Crippen LogP contribution >= 0.6 is 0 Å². The fourth-order valence-electron chi connectivity index (χ4n) is 2.86. The number of furan rings is 1. The van der Waals surface area contributed by atoms with Gasteiger partial charge in [0.25, 0.3) is 0 Å². The van der Waals surface area contributed by atoms with Gasteiger partial charge in [-0.3, -0.25) is 9.67 Å². The predicted molar refractivity (Wildman–Crippen MR) is 107 cm³/mol. The summed E-state index contributed by atoms with van der Waals surface area (Å²) in [4.78, 5) is 4.67. The maximum atomic E-state index is 5.38. The van der Waals surface area contributed by atoms with E-state index >= 15 is 0 Å². The lowest BCUT2D eigenvalue weighted by atomic mass is 10.1. The lowest BCUT2D eigenvalue weighted by Gasteiger charge is -2.13. The molecule has 2 aromatic rings. The van der Waals surface area contributed by atoms with Crippen LogP contribution < -0.4 is 10.6 Å². The molecule has 0 saturated heterocycles. The maximum Gasteiger partial charge on any atom is 0.191 e. The zero-order valence-corrected chi connectivity index (χ0v) is 16.8. The molecule has 0 atom stereocenters. The highest BCUT2D eigenvalue weighted by Crippen LogP contribution is 2.13. The van der Waals surface area contributed by atoms with Gasteiger partial charge in [-0.2, -0.15) is 5.10 Å². The standard InChI is InChI=1S/C20H33N5O/c1-15(2)14-23-20(22-12-10-18-8-7-13-26-18)21-11-6-9-19-16(3)24-25(5)17(19)4/h7-8,13,15H,6,9-12,14H2,1-5H3,(H2,21,22,23). The molecule has 0 unspecified atom stereocenters. The number of hydrogen-bond acceptors (Lipinski definition) is 3. The van der Waals surface area contributed by atoms with Crippen LogP contribution in [-0.2, 0) is 19.9 Å². The van der Waals surface area contributed by atoms with Gasteiger partial charge in [-0.1, -0.05) is 13.8 Å². The van der Waals surface area contributed by atoms with E-state index in [2.05, 4.69) is 48.4 Å². The van der Waals surface area contributed by atoms with E-state index in [4.69, 9.17) is 4.42 Å². The van der Waals surface area contributed by atoms with Crippen LogP contribution in [0.4, 0.5) is 0 Å². The molecular weight excluding hydrogens is 326 g/mol. The monoisotopic (exact) mass is 359 g/mol. The SMILES string of the molecule is Cc1nn(C)c(C)c1CCCNC(=NCC(C)C)NCCc1ccco1. The van der Waals surface area contributed by atoms with Gasteiger partial charge in [0.05, 0.1) is 12.0 Å². The molecule has 6 nitrogen and oxygen atoms in total. The summed E-state index contributed by atoms with van der Waals surface area (Å²) in [6.07, 6.45) is 4.64. The van der Waals surface area contributed by atoms with Crippen LogP contribution in [0.25, 0.3) is 0 Å². The highest BCUT2D eigenvalue weighted by atomic mass is 16.3. The molecule has 26 heavy (non-hydrogen) atoms. The normalized spacial score (nSPS) is 12.0. The molecule has 0 fully saturated rings. The van der Waals surface area contributed by atoms with Gasteiger partial charge < -0.3 is 15.1 Å². The van der Waals surface area contributed by atoms with Gasteiger partial charge >= 0.3 is 0 Å². The number of aliphatic imine (C=N–C) groups is 1. The average Bonchev–Trinajstić information content (AvgIpc) is 3.18. The van der Waals surface area contributed by atoms with E-state index in [-0.39, 0.29) is 0 Å². The topological polar surface area (TPSA) is 67.4 Å².